The van der Waals surface area contributed by atoms with Crippen molar-refractivity contribution < 1.29 is 8.42 Å². The van der Waals surface area contributed by atoms with Gasteiger partial charge < -0.3 is 10.6 Å². The van der Waals surface area contributed by atoms with Crippen molar-refractivity contribution in [2.24, 2.45) is 0 Å². The molecule has 2 heterocycles. The molecule has 0 unspecified atom stereocenters. The number of piperidine rings is 1. The predicted octanol–water partition coefficient (Wildman–Crippen LogP) is 1.28. The monoisotopic (exact) mass is 323 g/mol. The van der Waals surface area contributed by atoms with Gasteiger partial charge in [-0.25, -0.2) is 8.42 Å². The van der Waals surface area contributed by atoms with Crippen molar-refractivity contribution in [1.29, 1.82) is 0 Å². The maximum absolute atomic E-state index is 11.5. The van der Waals surface area contributed by atoms with Gasteiger partial charge in [0, 0.05) is 43.6 Å². The topological polar surface area (TPSA) is 66.6 Å². The van der Waals surface area contributed by atoms with Crippen LogP contribution in [0.25, 0.3) is 0 Å². The van der Waals surface area contributed by atoms with Crippen LogP contribution in [0.4, 0.5) is 11.4 Å². The van der Waals surface area contributed by atoms with E-state index in [1.807, 2.05) is 12.1 Å². The zero-order valence-electron chi connectivity index (χ0n) is 13.2. The maximum Gasteiger partial charge on any atom is 0.152 e. The summed E-state index contributed by atoms with van der Waals surface area (Å²) in [7, 11) is -2.78. The number of rotatable bonds is 2. The van der Waals surface area contributed by atoms with E-state index in [9.17, 15) is 8.42 Å². The van der Waals surface area contributed by atoms with E-state index in [1.165, 1.54) is 11.3 Å². The third kappa shape index (κ3) is 3.38. The number of hydrogen-bond donors (Lipinski definition) is 1. The summed E-state index contributed by atoms with van der Waals surface area (Å²) in [6, 6.07) is 6.63. The molecule has 0 bridgehead atoms. The van der Waals surface area contributed by atoms with Gasteiger partial charge in [-0.15, -0.1) is 0 Å². The first-order valence-corrected chi connectivity index (χ1v) is 9.82. The van der Waals surface area contributed by atoms with Gasteiger partial charge in [0.05, 0.1) is 11.5 Å². The minimum Gasteiger partial charge on any atom is -0.399 e. The minimum absolute atomic E-state index is 0.324. The molecule has 1 aromatic carbocycles. The van der Waals surface area contributed by atoms with Crippen molar-refractivity contribution in [3.05, 3.63) is 23.8 Å². The predicted molar refractivity (Wildman–Crippen MR) is 91.1 cm³/mol. The van der Waals surface area contributed by atoms with E-state index in [4.69, 9.17) is 5.73 Å². The molecule has 2 aliphatic rings. The van der Waals surface area contributed by atoms with Crippen molar-refractivity contribution in [2.75, 3.05) is 48.3 Å². The Kier molecular flexibility index (Phi) is 4.32. The summed E-state index contributed by atoms with van der Waals surface area (Å²) in [5, 5.41) is 0. The quantitative estimate of drug-likeness (QED) is 0.831. The SMILES string of the molecule is Cc1cc(N)ccc1N1CCC(N2CCS(=O)(=O)CC2)CC1. The lowest BCUT2D eigenvalue weighted by Crippen LogP contribution is -2.50. The summed E-state index contributed by atoms with van der Waals surface area (Å²) in [6.45, 7) is 5.56. The van der Waals surface area contributed by atoms with Crippen LogP contribution in [0.5, 0.6) is 0 Å². The molecule has 2 fully saturated rings. The molecule has 0 spiro atoms. The number of anilines is 2. The number of hydrogen-bond acceptors (Lipinski definition) is 5. The fraction of sp³-hybridized carbons (Fsp3) is 0.625. The Morgan fingerprint density at radius 2 is 1.73 bits per heavy atom. The third-order valence-electron chi connectivity index (χ3n) is 4.92. The first-order valence-electron chi connectivity index (χ1n) is 8.00. The highest BCUT2D eigenvalue weighted by Gasteiger charge is 2.29. The first-order chi connectivity index (χ1) is 10.4. The van der Waals surface area contributed by atoms with Crippen molar-refractivity contribution in [2.45, 2.75) is 25.8 Å². The van der Waals surface area contributed by atoms with E-state index < -0.39 is 9.84 Å². The first kappa shape index (κ1) is 15.6. The summed E-state index contributed by atoms with van der Waals surface area (Å²) in [5.41, 5.74) is 9.13. The summed E-state index contributed by atoms with van der Waals surface area (Å²) in [4.78, 5) is 4.79. The van der Waals surface area contributed by atoms with Crippen LogP contribution in [0.2, 0.25) is 0 Å². The van der Waals surface area contributed by atoms with Gasteiger partial charge in [-0.2, -0.15) is 0 Å². The fourth-order valence-corrected chi connectivity index (χ4v) is 4.83. The lowest BCUT2D eigenvalue weighted by molar-refractivity contribution is 0.182. The molecule has 2 saturated heterocycles. The molecule has 5 nitrogen and oxygen atoms in total. The standard InChI is InChI=1S/C16H25N3O2S/c1-13-12-14(17)2-3-16(13)19-6-4-15(5-7-19)18-8-10-22(20,21)11-9-18/h2-3,12,15H,4-11,17H2,1H3. The van der Waals surface area contributed by atoms with Crippen LogP contribution in [0.3, 0.4) is 0 Å². The average Bonchev–Trinajstić information content (AvgIpc) is 2.48. The van der Waals surface area contributed by atoms with Crippen LogP contribution in [-0.4, -0.2) is 57.0 Å². The van der Waals surface area contributed by atoms with Crippen LogP contribution in [0.15, 0.2) is 18.2 Å². The number of benzene rings is 1. The zero-order chi connectivity index (χ0) is 15.7. The number of sulfone groups is 1. The third-order valence-corrected chi connectivity index (χ3v) is 6.53. The number of nitrogens with two attached hydrogens (primary N) is 1. The molecule has 0 saturated carbocycles. The molecule has 6 heteroatoms. The summed E-state index contributed by atoms with van der Waals surface area (Å²) in [5.74, 6) is 0.647. The van der Waals surface area contributed by atoms with E-state index >= 15 is 0 Å². The van der Waals surface area contributed by atoms with Crippen molar-refractivity contribution in [3.63, 3.8) is 0 Å². The van der Waals surface area contributed by atoms with Crippen molar-refractivity contribution in [3.8, 4) is 0 Å². The zero-order valence-corrected chi connectivity index (χ0v) is 14.0. The molecule has 2 N–H and O–H groups in total. The normalized spacial score (nSPS) is 23.6. The second-order valence-electron chi connectivity index (χ2n) is 6.45. The van der Waals surface area contributed by atoms with Gasteiger partial charge >= 0.3 is 0 Å². The van der Waals surface area contributed by atoms with Crippen LogP contribution >= 0.6 is 0 Å². The molecule has 0 aliphatic carbocycles. The van der Waals surface area contributed by atoms with Crippen molar-refractivity contribution >= 4 is 21.2 Å². The summed E-state index contributed by atoms with van der Waals surface area (Å²) >= 11 is 0. The Hall–Kier alpha value is -1.27. The van der Waals surface area contributed by atoms with Crippen LogP contribution in [0, 0.1) is 6.92 Å². The van der Waals surface area contributed by atoms with Gasteiger partial charge in [-0.05, 0) is 43.5 Å². The highest BCUT2D eigenvalue weighted by Crippen LogP contribution is 2.27. The van der Waals surface area contributed by atoms with E-state index in [-0.39, 0.29) is 0 Å². The highest BCUT2D eigenvalue weighted by atomic mass is 32.2. The number of nitrogen functional groups attached to an aromatic ring is 1. The molecule has 122 valence electrons. The Balaban J connectivity index is 1.58. The van der Waals surface area contributed by atoms with Gasteiger partial charge in [0.1, 0.15) is 0 Å². The van der Waals surface area contributed by atoms with E-state index in [2.05, 4.69) is 22.8 Å². The molecule has 22 heavy (non-hydrogen) atoms. The molecule has 3 rings (SSSR count). The maximum atomic E-state index is 11.5. The minimum atomic E-state index is -2.78. The largest absolute Gasteiger partial charge is 0.399 e. The average molecular weight is 323 g/mol. The van der Waals surface area contributed by atoms with Gasteiger partial charge in [0.2, 0.25) is 0 Å². The highest BCUT2D eigenvalue weighted by molar-refractivity contribution is 7.91. The van der Waals surface area contributed by atoms with Crippen LogP contribution < -0.4 is 10.6 Å². The number of nitrogens with zero attached hydrogens (tertiary/aromatic N) is 2. The lowest BCUT2D eigenvalue weighted by Gasteiger charge is -2.41. The molecular weight excluding hydrogens is 298 g/mol. The fourth-order valence-electron chi connectivity index (χ4n) is 3.60. The van der Waals surface area contributed by atoms with E-state index in [0.717, 1.165) is 31.6 Å². The molecule has 2 aliphatic heterocycles. The Morgan fingerprint density at radius 3 is 2.32 bits per heavy atom. The lowest BCUT2D eigenvalue weighted by atomic mass is 10.0. The second kappa shape index (κ2) is 6.08. The second-order valence-corrected chi connectivity index (χ2v) is 8.76. The summed E-state index contributed by atoms with van der Waals surface area (Å²) < 4.78 is 23.1. The Labute approximate surface area is 133 Å². The number of aryl methyl sites for hydroxylation is 1. The van der Waals surface area contributed by atoms with Gasteiger partial charge in [0.25, 0.3) is 0 Å². The van der Waals surface area contributed by atoms with E-state index in [0.29, 0.717) is 30.6 Å². The van der Waals surface area contributed by atoms with Gasteiger partial charge in [-0.1, -0.05) is 0 Å². The van der Waals surface area contributed by atoms with Crippen LogP contribution in [0.1, 0.15) is 18.4 Å². The molecule has 0 amide bonds. The summed E-state index contributed by atoms with van der Waals surface area (Å²) in [6.07, 6.45) is 2.20. The van der Waals surface area contributed by atoms with E-state index in [1.54, 1.807) is 0 Å². The molecule has 0 atom stereocenters. The smallest absolute Gasteiger partial charge is 0.152 e. The van der Waals surface area contributed by atoms with Gasteiger partial charge in [-0.3, -0.25) is 4.90 Å². The van der Waals surface area contributed by atoms with Crippen molar-refractivity contribution in [1.82, 2.24) is 4.90 Å². The molecule has 1 aromatic rings. The molecule has 0 aromatic heterocycles. The Bertz CT molecular complexity index is 623. The Morgan fingerprint density at radius 1 is 1.09 bits per heavy atom. The van der Waals surface area contributed by atoms with Crippen LogP contribution in [-0.2, 0) is 9.84 Å². The van der Waals surface area contributed by atoms with Gasteiger partial charge in [0.15, 0.2) is 9.84 Å². The molecule has 0 radical (unpaired) electrons. The molecular formula is C16H25N3O2S.